The summed E-state index contributed by atoms with van der Waals surface area (Å²) in [6.07, 6.45) is 6.78. The smallest absolute Gasteiger partial charge is 0.0112 e. The summed E-state index contributed by atoms with van der Waals surface area (Å²) in [4.78, 5) is 1.72. The first-order valence-electron chi connectivity index (χ1n) is 5.65. The highest BCUT2D eigenvalue weighted by atomic mass is 35.5. The SMILES string of the molecule is CNC1CCc2csc(C3CC3)c2C1.Cl. The van der Waals surface area contributed by atoms with Gasteiger partial charge in [-0.3, -0.25) is 0 Å². The van der Waals surface area contributed by atoms with E-state index in [1.165, 1.54) is 32.1 Å². The van der Waals surface area contributed by atoms with Crippen molar-refractivity contribution >= 4 is 23.7 Å². The van der Waals surface area contributed by atoms with E-state index in [1.807, 2.05) is 11.3 Å². The second-order valence-corrected chi connectivity index (χ2v) is 5.52. The van der Waals surface area contributed by atoms with Gasteiger partial charge in [0.15, 0.2) is 0 Å². The third-order valence-corrected chi connectivity index (χ3v) is 4.82. The molecule has 1 atom stereocenters. The molecule has 0 aromatic carbocycles. The van der Waals surface area contributed by atoms with Crippen molar-refractivity contribution in [2.75, 3.05) is 7.05 Å². The molecule has 0 spiro atoms. The van der Waals surface area contributed by atoms with Crippen LogP contribution in [-0.4, -0.2) is 13.1 Å². The molecule has 1 saturated carbocycles. The van der Waals surface area contributed by atoms with E-state index in [4.69, 9.17) is 0 Å². The van der Waals surface area contributed by atoms with Crippen LogP contribution in [0.25, 0.3) is 0 Å². The molecule has 1 nitrogen and oxygen atoms in total. The lowest BCUT2D eigenvalue weighted by Gasteiger charge is -2.22. The molecular formula is C12H18ClNS. The number of hydrogen-bond donors (Lipinski definition) is 1. The molecule has 1 unspecified atom stereocenters. The molecule has 0 amide bonds. The van der Waals surface area contributed by atoms with E-state index in [2.05, 4.69) is 17.7 Å². The Hall–Kier alpha value is -0.0500. The number of hydrogen-bond acceptors (Lipinski definition) is 2. The van der Waals surface area contributed by atoms with E-state index < -0.39 is 0 Å². The summed E-state index contributed by atoms with van der Waals surface area (Å²) >= 11 is 2.02. The first-order valence-corrected chi connectivity index (χ1v) is 6.53. The van der Waals surface area contributed by atoms with Gasteiger partial charge in [0.1, 0.15) is 0 Å². The molecule has 1 aromatic heterocycles. The number of halogens is 1. The average Bonchev–Trinajstić information content (AvgIpc) is 2.98. The largest absolute Gasteiger partial charge is 0.317 e. The van der Waals surface area contributed by atoms with Gasteiger partial charge in [-0.1, -0.05) is 0 Å². The molecule has 1 heterocycles. The molecule has 2 aliphatic rings. The van der Waals surface area contributed by atoms with Crippen LogP contribution in [0.2, 0.25) is 0 Å². The summed E-state index contributed by atoms with van der Waals surface area (Å²) in [7, 11) is 2.10. The normalized spacial score (nSPS) is 24.5. The zero-order valence-electron chi connectivity index (χ0n) is 9.08. The molecule has 1 N–H and O–H groups in total. The highest BCUT2D eigenvalue weighted by Gasteiger charge is 2.31. The first kappa shape index (κ1) is 11.4. The highest BCUT2D eigenvalue weighted by Crippen LogP contribution is 2.46. The van der Waals surface area contributed by atoms with Crippen LogP contribution in [0.3, 0.4) is 0 Å². The van der Waals surface area contributed by atoms with E-state index in [-0.39, 0.29) is 12.4 Å². The van der Waals surface area contributed by atoms with Crippen molar-refractivity contribution in [1.82, 2.24) is 5.32 Å². The number of likely N-dealkylation sites (N-methyl/N-ethyl adjacent to an activating group) is 1. The Morgan fingerprint density at radius 3 is 2.80 bits per heavy atom. The fraction of sp³-hybridized carbons (Fsp3) is 0.667. The molecule has 0 bridgehead atoms. The van der Waals surface area contributed by atoms with Crippen LogP contribution in [0.5, 0.6) is 0 Å². The van der Waals surface area contributed by atoms with Gasteiger partial charge in [0.2, 0.25) is 0 Å². The molecule has 3 heteroatoms. The van der Waals surface area contributed by atoms with Crippen molar-refractivity contribution < 1.29 is 0 Å². The van der Waals surface area contributed by atoms with Gasteiger partial charge < -0.3 is 5.32 Å². The topological polar surface area (TPSA) is 12.0 Å². The lowest BCUT2D eigenvalue weighted by molar-refractivity contribution is 0.496. The minimum atomic E-state index is 0. The quantitative estimate of drug-likeness (QED) is 0.842. The molecule has 1 fully saturated rings. The fourth-order valence-electron chi connectivity index (χ4n) is 2.49. The Bertz CT molecular complexity index is 343. The molecule has 15 heavy (non-hydrogen) atoms. The van der Waals surface area contributed by atoms with Crippen molar-refractivity contribution in [2.24, 2.45) is 0 Å². The van der Waals surface area contributed by atoms with E-state index in [0.717, 1.165) is 12.0 Å². The van der Waals surface area contributed by atoms with Crippen LogP contribution >= 0.6 is 23.7 Å². The van der Waals surface area contributed by atoms with Crippen LogP contribution < -0.4 is 5.32 Å². The van der Waals surface area contributed by atoms with E-state index in [0.29, 0.717) is 0 Å². The highest BCUT2D eigenvalue weighted by molar-refractivity contribution is 7.10. The maximum absolute atomic E-state index is 3.43. The minimum Gasteiger partial charge on any atom is -0.317 e. The lowest BCUT2D eigenvalue weighted by Crippen LogP contribution is -2.31. The minimum absolute atomic E-state index is 0. The summed E-state index contributed by atoms with van der Waals surface area (Å²) in [6.45, 7) is 0. The molecule has 3 rings (SSSR count). The van der Waals surface area contributed by atoms with Crippen molar-refractivity contribution in [3.8, 4) is 0 Å². The van der Waals surface area contributed by atoms with Gasteiger partial charge >= 0.3 is 0 Å². The van der Waals surface area contributed by atoms with E-state index >= 15 is 0 Å². The molecule has 0 aliphatic heterocycles. The second kappa shape index (κ2) is 4.44. The fourth-order valence-corrected chi connectivity index (χ4v) is 3.80. The maximum Gasteiger partial charge on any atom is 0.0112 e. The number of rotatable bonds is 2. The number of thiophene rings is 1. The zero-order chi connectivity index (χ0) is 9.54. The maximum atomic E-state index is 3.43. The summed E-state index contributed by atoms with van der Waals surface area (Å²) in [6, 6.07) is 0.731. The molecule has 84 valence electrons. The summed E-state index contributed by atoms with van der Waals surface area (Å²) in [5, 5.41) is 5.84. The number of aryl methyl sites for hydroxylation is 1. The molecular weight excluding hydrogens is 226 g/mol. The molecule has 0 radical (unpaired) electrons. The molecule has 2 aliphatic carbocycles. The van der Waals surface area contributed by atoms with Crippen molar-refractivity contribution in [3.05, 3.63) is 21.4 Å². The molecule has 0 saturated heterocycles. The van der Waals surface area contributed by atoms with Crippen LogP contribution in [-0.2, 0) is 12.8 Å². The standard InChI is InChI=1S/C12H17NS.ClH/c1-13-10-5-4-9-7-14-12(8-2-3-8)11(9)6-10;/h7-8,10,13H,2-6H2,1H3;1H. The second-order valence-electron chi connectivity index (χ2n) is 4.61. The Balaban J connectivity index is 0.000000853. The Labute approximate surface area is 102 Å². The molecule has 1 aromatic rings. The predicted octanol–water partition coefficient (Wildman–Crippen LogP) is 3.12. The van der Waals surface area contributed by atoms with Crippen molar-refractivity contribution in [3.63, 3.8) is 0 Å². The Kier molecular flexibility index (Phi) is 3.39. The summed E-state index contributed by atoms with van der Waals surface area (Å²) < 4.78 is 0. The summed E-state index contributed by atoms with van der Waals surface area (Å²) in [5.74, 6) is 0.944. The van der Waals surface area contributed by atoms with Crippen molar-refractivity contribution in [1.29, 1.82) is 0 Å². The van der Waals surface area contributed by atoms with Crippen LogP contribution in [0, 0.1) is 0 Å². The Morgan fingerprint density at radius 2 is 2.13 bits per heavy atom. The third-order valence-electron chi connectivity index (χ3n) is 3.58. The van der Waals surface area contributed by atoms with Gasteiger partial charge in [-0.15, -0.1) is 23.7 Å². The number of nitrogens with one attached hydrogen (secondary N) is 1. The predicted molar refractivity (Wildman–Crippen MR) is 68.4 cm³/mol. The zero-order valence-corrected chi connectivity index (χ0v) is 10.7. The van der Waals surface area contributed by atoms with Crippen LogP contribution in [0.15, 0.2) is 5.38 Å². The van der Waals surface area contributed by atoms with Gasteiger partial charge in [0.25, 0.3) is 0 Å². The Morgan fingerprint density at radius 1 is 1.33 bits per heavy atom. The average molecular weight is 244 g/mol. The van der Waals surface area contributed by atoms with Gasteiger partial charge in [0, 0.05) is 10.9 Å². The monoisotopic (exact) mass is 243 g/mol. The summed E-state index contributed by atoms with van der Waals surface area (Å²) in [5.41, 5.74) is 3.37. The third kappa shape index (κ3) is 2.08. The van der Waals surface area contributed by atoms with E-state index in [9.17, 15) is 0 Å². The lowest BCUT2D eigenvalue weighted by atomic mass is 9.89. The van der Waals surface area contributed by atoms with Gasteiger partial charge in [-0.25, -0.2) is 0 Å². The van der Waals surface area contributed by atoms with Gasteiger partial charge in [0.05, 0.1) is 0 Å². The van der Waals surface area contributed by atoms with E-state index in [1.54, 1.807) is 16.0 Å². The van der Waals surface area contributed by atoms with Gasteiger partial charge in [-0.2, -0.15) is 0 Å². The van der Waals surface area contributed by atoms with Crippen LogP contribution in [0.1, 0.15) is 41.2 Å². The van der Waals surface area contributed by atoms with Crippen molar-refractivity contribution in [2.45, 2.75) is 44.1 Å². The first-order chi connectivity index (χ1) is 6.88. The number of fused-ring (bicyclic) bond motifs is 1. The van der Waals surface area contributed by atoms with Gasteiger partial charge in [-0.05, 0) is 61.6 Å². The van der Waals surface area contributed by atoms with Crippen LogP contribution in [0.4, 0.5) is 0 Å².